The standard InChI is InChI=1S/C25H32O3/c1-2-3-17-4-6-18(7-5-17)12-21-13-20(10-11-24(21)19-8-9-19)25-15-22(27)14-23(16-26)28-25/h4-7,10-11,13,19,22-23,25-27H,2-3,8-9,12,14-16H2,1H3/t22-,23-,25+/m0/s1. The molecule has 3 atom stereocenters. The van der Waals surface area contributed by atoms with E-state index in [-0.39, 0.29) is 18.8 Å². The third-order valence-electron chi connectivity index (χ3n) is 6.09. The van der Waals surface area contributed by atoms with Crippen LogP contribution in [0.5, 0.6) is 0 Å². The summed E-state index contributed by atoms with van der Waals surface area (Å²) >= 11 is 0. The minimum atomic E-state index is -0.409. The Morgan fingerprint density at radius 2 is 1.75 bits per heavy atom. The monoisotopic (exact) mass is 380 g/mol. The maximum Gasteiger partial charge on any atom is 0.0854 e. The molecule has 1 aliphatic heterocycles. The van der Waals surface area contributed by atoms with Gasteiger partial charge in [0.1, 0.15) is 0 Å². The largest absolute Gasteiger partial charge is 0.394 e. The van der Waals surface area contributed by atoms with Crippen molar-refractivity contribution in [1.29, 1.82) is 0 Å². The first-order valence-corrected chi connectivity index (χ1v) is 10.8. The van der Waals surface area contributed by atoms with Crippen LogP contribution in [-0.2, 0) is 17.6 Å². The van der Waals surface area contributed by atoms with Crippen LogP contribution in [0.15, 0.2) is 42.5 Å². The SMILES string of the molecule is CCCc1ccc(Cc2cc([C@H]3C[C@@H](O)C[C@@H](CO)O3)ccc2C2CC2)cc1. The van der Waals surface area contributed by atoms with Gasteiger partial charge in [0.15, 0.2) is 0 Å². The molecule has 1 saturated carbocycles. The predicted molar refractivity (Wildman–Crippen MR) is 112 cm³/mol. The van der Waals surface area contributed by atoms with Crippen molar-refractivity contribution in [2.75, 3.05) is 6.61 Å². The average molecular weight is 381 g/mol. The van der Waals surface area contributed by atoms with Crippen molar-refractivity contribution in [3.63, 3.8) is 0 Å². The minimum absolute atomic E-state index is 0.0370. The van der Waals surface area contributed by atoms with Crippen LogP contribution < -0.4 is 0 Å². The number of rotatable bonds is 7. The van der Waals surface area contributed by atoms with Crippen molar-refractivity contribution in [3.05, 3.63) is 70.3 Å². The van der Waals surface area contributed by atoms with Crippen LogP contribution in [-0.4, -0.2) is 29.0 Å². The molecule has 0 spiro atoms. The summed E-state index contributed by atoms with van der Waals surface area (Å²) < 4.78 is 6.05. The maximum absolute atomic E-state index is 10.2. The van der Waals surface area contributed by atoms with Gasteiger partial charge in [0.25, 0.3) is 0 Å². The predicted octanol–water partition coefficient (Wildman–Crippen LogP) is 4.68. The van der Waals surface area contributed by atoms with E-state index in [0.29, 0.717) is 18.8 Å². The lowest BCUT2D eigenvalue weighted by Gasteiger charge is -2.33. The molecule has 2 N–H and O–H groups in total. The second kappa shape index (κ2) is 8.77. The quantitative estimate of drug-likeness (QED) is 0.733. The van der Waals surface area contributed by atoms with Crippen molar-refractivity contribution < 1.29 is 14.9 Å². The molecule has 4 rings (SSSR count). The third-order valence-corrected chi connectivity index (χ3v) is 6.09. The molecule has 2 aliphatic rings. The molecule has 0 radical (unpaired) electrons. The molecular weight excluding hydrogens is 348 g/mol. The molecule has 28 heavy (non-hydrogen) atoms. The summed E-state index contributed by atoms with van der Waals surface area (Å²) in [5.74, 6) is 0.700. The molecule has 2 aromatic carbocycles. The van der Waals surface area contributed by atoms with Gasteiger partial charge in [-0.2, -0.15) is 0 Å². The number of benzene rings is 2. The summed E-state index contributed by atoms with van der Waals surface area (Å²) in [6.07, 6.45) is 6.12. The smallest absolute Gasteiger partial charge is 0.0854 e. The van der Waals surface area contributed by atoms with E-state index in [1.807, 2.05) is 0 Å². The molecule has 150 valence electrons. The van der Waals surface area contributed by atoms with Crippen molar-refractivity contribution in [3.8, 4) is 0 Å². The van der Waals surface area contributed by atoms with Crippen molar-refractivity contribution in [1.82, 2.24) is 0 Å². The van der Waals surface area contributed by atoms with E-state index >= 15 is 0 Å². The van der Waals surface area contributed by atoms with Crippen LogP contribution in [0.2, 0.25) is 0 Å². The highest BCUT2D eigenvalue weighted by atomic mass is 16.5. The number of aryl methyl sites for hydroxylation is 1. The summed E-state index contributed by atoms with van der Waals surface area (Å²) in [6.45, 7) is 2.18. The average Bonchev–Trinajstić information content (AvgIpc) is 3.54. The number of hydrogen-bond donors (Lipinski definition) is 2. The summed E-state index contributed by atoms with van der Waals surface area (Å²) in [7, 11) is 0. The molecular formula is C25H32O3. The number of ether oxygens (including phenoxy) is 1. The lowest BCUT2D eigenvalue weighted by molar-refractivity contribution is -0.113. The van der Waals surface area contributed by atoms with Crippen LogP contribution in [0.25, 0.3) is 0 Å². The van der Waals surface area contributed by atoms with E-state index in [0.717, 1.165) is 18.4 Å². The van der Waals surface area contributed by atoms with Gasteiger partial charge in [0, 0.05) is 12.8 Å². The van der Waals surface area contributed by atoms with Crippen LogP contribution >= 0.6 is 0 Å². The second-order valence-electron chi connectivity index (χ2n) is 8.53. The minimum Gasteiger partial charge on any atom is -0.394 e. The van der Waals surface area contributed by atoms with E-state index in [4.69, 9.17) is 4.74 Å². The molecule has 0 amide bonds. The first-order valence-electron chi connectivity index (χ1n) is 10.8. The highest BCUT2D eigenvalue weighted by Crippen LogP contribution is 2.43. The normalized spacial score (nSPS) is 25.0. The van der Waals surface area contributed by atoms with E-state index in [1.165, 1.54) is 41.5 Å². The lowest BCUT2D eigenvalue weighted by Crippen LogP contribution is -2.33. The Bertz CT molecular complexity index is 779. The molecule has 0 aromatic heterocycles. The highest BCUT2D eigenvalue weighted by molar-refractivity contribution is 5.41. The lowest BCUT2D eigenvalue weighted by atomic mass is 9.90. The number of aliphatic hydroxyl groups excluding tert-OH is 2. The molecule has 2 aromatic rings. The van der Waals surface area contributed by atoms with E-state index in [9.17, 15) is 10.2 Å². The van der Waals surface area contributed by atoms with Gasteiger partial charge >= 0.3 is 0 Å². The second-order valence-corrected chi connectivity index (χ2v) is 8.53. The number of hydrogen-bond acceptors (Lipinski definition) is 3. The molecule has 1 aliphatic carbocycles. The van der Waals surface area contributed by atoms with Gasteiger partial charge in [-0.1, -0.05) is 55.8 Å². The van der Waals surface area contributed by atoms with E-state index in [2.05, 4.69) is 49.4 Å². The van der Waals surface area contributed by atoms with Crippen LogP contribution in [0.1, 0.15) is 78.9 Å². The van der Waals surface area contributed by atoms with Gasteiger partial charge in [-0.3, -0.25) is 0 Å². The van der Waals surface area contributed by atoms with Gasteiger partial charge in [-0.15, -0.1) is 0 Å². The van der Waals surface area contributed by atoms with Gasteiger partial charge in [0.05, 0.1) is 24.9 Å². The summed E-state index contributed by atoms with van der Waals surface area (Å²) in [4.78, 5) is 0. The van der Waals surface area contributed by atoms with Crippen molar-refractivity contribution >= 4 is 0 Å². The topological polar surface area (TPSA) is 49.7 Å². The van der Waals surface area contributed by atoms with Crippen LogP contribution in [0.4, 0.5) is 0 Å². The Morgan fingerprint density at radius 3 is 2.43 bits per heavy atom. The van der Waals surface area contributed by atoms with E-state index in [1.54, 1.807) is 0 Å². The fourth-order valence-corrected chi connectivity index (χ4v) is 4.43. The zero-order chi connectivity index (χ0) is 19.5. The van der Waals surface area contributed by atoms with Crippen molar-refractivity contribution in [2.45, 2.75) is 76.1 Å². The van der Waals surface area contributed by atoms with Crippen LogP contribution in [0, 0.1) is 0 Å². The third kappa shape index (κ3) is 4.65. The Labute approximate surface area is 168 Å². The fraction of sp³-hybridized carbons (Fsp3) is 0.520. The fourth-order valence-electron chi connectivity index (χ4n) is 4.43. The zero-order valence-corrected chi connectivity index (χ0v) is 16.8. The number of aliphatic hydroxyl groups is 2. The van der Waals surface area contributed by atoms with E-state index < -0.39 is 6.10 Å². The molecule has 0 unspecified atom stereocenters. The van der Waals surface area contributed by atoms with Crippen molar-refractivity contribution in [2.24, 2.45) is 0 Å². The first-order chi connectivity index (χ1) is 13.7. The molecule has 3 nitrogen and oxygen atoms in total. The van der Waals surface area contributed by atoms with Crippen LogP contribution in [0.3, 0.4) is 0 Å². The maximum atomic E-state index is 10.2. The summed E-state index contributed by atoms with van der Waals surface area (Å²) in [5, 5.41) is 19.7. The Balaban J connectivity index is 1.57. The Kier molecular flexibility index (Phi) is 6.15. The summed E-state index contributed by atoms with van der Waals surface area (Å²) in [6, 6.07) is 15.8. The zero-order valence-electron chi connectivity index (χ0n) is 16.8. The molecule has 2 fully saturated rings. The molecule has 3 heteroatoms. The summed E-state index contributed by atoms with van der Waals surface area (Å²) in [5.41, 5.74) is 6.72. The first kappa shape index (κ1) is 19.6. The highest BCUT2D eigenvalue weighted by Gasteiger charge is 2.31. The van der Waals surface area contributed by atoms with Gasteiger partial charge in [-0.25, -0.2) is 0 Å². The molecule has 1 saturated heterocycles. The van der Waals surface area contributed by atoms with Gasteiger partial charge in [0.2, 0.25) is 0 Å². The Morgan fingerprint density at radius 1 is 1.00 bits per heavy atom. The van der Waals surface area contributed by atoms with Gasteiger partial charge in [-0.05, 0) is 59.4 Å². The molecule has 0 bridgehead atoms. The van der Waals surface area contributed by atoms with Gasteiger partial charge < -0.3 is 14.9 Å². The molecule has 1 heterocycles. The Hall–Kier alpha value is -1.68.